The second-order valence-electron chi connectivity index (χ2n) is 5.41. The molecule has 112 valence electrons. The normalized spacial score (nSPS) is 11.4. The molecule has 0 aliphatic rings. The van der Waals surface area contributed by atoms with Gasteiger partial charge in [-0.3, -0.25) is 4.79 Å². The zero-order valence-electron chi connectivity index (χ0n) is 12.0. The highest BCUT2D eigenvalue weighted by molar-refractivity contribution is 7.09. The Balaban J connectivity index is 2.02. The molecule has 0 atom stereocenters. The lowest BCUT2D eigenvalue weighted by Gasteiger charge is -2.25. The molecule has 0 aliphatic heterocycles. The summed E-state index contributed by atoms with van der Waals surface area (Å²) in [4.78, 5) is 16.2. The fourth-order valence-corrected chi connectivity index (χ4v) is 2.57. The minimum atomic E-state index is -0.371. The van der Waals surface area contributed by atoms with Crippen LogP contribution in [0.5, 0.6) is 0 Å². The molecule has 0 aliphatic carbocycles. The highest BCUT2D eigenvalue weighted by Gasteiger charge is 2.22. The van der Waals surface area contributed by atoms with Crippen LogP contribution >= 0.6 is 11.3 Å². The summed E-state index contributed by atoms with van der Waals surface area (Å²) in [6.45, 7) is 4.63. The summed E-state index contributed by atoms with van der Waals surface area (Å²) >= 11 is 1.36. The van der Waals surface area contributed by atoms with E-state index in [4.69, 9.17) is 5.73 Å². The van der Waals surface area contributed by atoms with Crippen LogP contribution in [0.15, 0.2) is 29.6 Å². The van der Waals surface area contributed by atoms with E-state index < -0.39 is 0 Å². The van der Waals surface area contributed by atoms with Crippen molar-refractivity contribution >= 4 is 17.2 Å². The SMILES string of the molecule is CC(C)(CNC(=O)c1csc(CN)n1)c1cccc(F)c1. The number of rotatable bonds is 5. The number of carbonyl (C=O) groups excluding carboxylic acids is 1. The average Bonchev–Trinajstić information content (AvgIpc) is 2.94. The minimum absolute atomic E-state index is 0.240. The van der Waals surface area contributed by atoms with E-state index in [-0.39, 0.29) is 17.1 Å². The second kappa shape index (κ2) is 6.32. The second-order valence-corrected chi connectivity index (χ2v) is 6.35. The van der Waals surface area contributed by atoms with E-state index in [0.29, 0.717) is 18.8 Å². The number of carbonyl (C=O) groups is 1. The Morgan fingerprint density at radius 3 is 2.86 bits per heavy atom. The largest absolute Gasteiger partial charge is 0.350 e. The van der Waals surface area contributed by atoms with Gasteiger partial charge in [0.25, 0.3) is 5.91 Å². The molecule has 21 heavy (non-hydrogen) atoms. The lowest BCUT2D eigenvalue weighted by Crippen LogP contribution is -2.36. The molecule has 0 saturated heterocycles. The third-order valence-electron chi connectivity index (χ3n) is 3.26. The molecule has 1 heterocycles. The van der Waals surface area contributed by atoms with Gasteiger partial charge < -0.3 is 11.1 Å². The molecule has 1 aromatic carbocycles. The Bertz CT molecular complexity index is 639. The van der Waals surface area contributed by atoms with Crippen LogP contribution in [0, 0.1) is 5.82 Å². The Labute approximate surface area is 127 Å². The van der Waals surface area contributed by atoms with E-state index in [1.807, 2.05) is 19.9 Å². The van der Waals surface area contributed by atoms with E-state index in [0.717, 1.165) is 10.6 Å². The van der Waals surface area contributed by atoms with Gasteiger partial charge in [-0.1, -0.05) is 26.0 Å². The predicted molar refractivity (Wildman–Crippen MR) is 81.8 cm³/mol. The molecule has 2 aromatic rings. The fraction of sp³-hybridized carbons (Fsp3) is 0.333. The lowest BCUT2D eigenvalue weighted by molar-refractivity contribution is 0.0941. The zero-order valence-corrected chi connectivity index (χ0v) is 12.8. The number of amides is 1. The summed E-state index contributed by atoms with van der Waals surface area (Å²) < 4.78 is 13.3. The molecule has 0 bridgehead atoms. The van der Waals surface area contributed by atoms with Crippen LogP contribution in [0.25, 0.3) is 0 Å². The molecular weight excluding hydrogens is 289 g/mol. The van der Waals surface area contributed by atoms with E-state index >= 15 is 0 Å². The average molecular weight is 307 g/mol. The summed E-state index contributed by atoms with van der Waals surface area (Å²) in [5.41, 5.74) is 6.31. The van der Waals surface area contributed by atoms with Crippen molar-refractivity contribution in [3.8, 4) is 0 Å². The highest BCUT2D eigenvalue weighted by atomic mass is 32.1. The molecule has 0 spiro atoms. The van der Waals surface area contributed by atoms with Crippen molar-refractivity contribution in [1.82, 2.24) is 10.3 Å². The van der Waals surface area contributed by atoms with Crippen LogP contribution < -0.4 is 11.1 Å². The van der Waals surface area contributed by atoms with Crippen LogP contribution in [0.1, 0.15) is 34.9 Å². The number of aromatic nitrogens is 1. The smallest absolute Gasteiger partial charge is 0.270 e. The molecule has 0 saturated carbocycles. The van der Waals surface area contributed by atoms with Crippen LogP contribution in [0.2, 0.25) is 0 Å². The number of hydrogen-bond acceptors (Lipinski definition) is 4. The van der Waals surface area contributed by atoms with Gasteiger partial charge in [0.1, 0.15) is 16.5 Å². The number of halogens is 1. The maximum Gasteiger partial charge on any atom is 0.270 e. The first-order chi connectivity index (χ1) is 9.92. The van der Waals surface area contributed by atoms with Crippen LogP contribution in [0.3, 0.4) is 0 Å². The number of nitrogens with two attached hydrogens (primary N) is 1. The molecule has 1 amide bonds. The third kappa shape index (κ3) is 3.86. The number of nitrogens with one attached hydrogen (secondary N) is 1. The number of benzene rings is 1. The van der Waals surface area contributed by atoms with Crippen LogP contribution in [-0.2, 0) is 12.0 Å². The van der Waals surface area contributed by atoms with E-state index in [1.54, 1.807) is 11.4 Å². The first kappa shape index (κ1) is 15.6. The van der Waals surface area contributed by atoms with Crippen molar-refractivity contribution < 1.29 is 9.18 Å². The van der Waals surface area contributed by atoms with Crippen molar-refractivity contribution in [2.24, 2.45) is 5.73 Å². The van der Waals surface area contributed by atoms with Gasteiger partial charge in [-0.15, -0.1) is 11.3 Å². The first-order valence-electron chi connectivity index (χ1n) is 6.61. The van der Waals surface area contributed by atoms with Crippen molar-refractivity contribution in [3.63, 3.8) is 0 Å². The summed E-state index contributed by atoms with van der Waals surface area (Å²) in [7, 11) is 0. The molecule has 0 fully saturated rings. The van der Waals surface area contributed by atoms with Gasteiger partial charge in [-0.05, 0) is 17.7 Å². The van der Waals surface area contributed by atoms with Gasteiger partial charge in [0.05, 0.1) is 0 Å². The van der Waals surface area contributed by atoms with E-state index in [2.05, 4.69) is 10.3 Å². The first-order valence-corrected chi connectivity index (χ1v) is 7.49. The Hall–Kier alpha value is -1.79. The summed E-state index contributed by atoms with van der Waals surface area (Å²) in [6.07, 6.45) is 0. The Kier molecular flexibility index (Phi) is 4.69. The molecule has 0 radical (unpaired) electrons. The van der Waals surface area contributed by atoms with Gasteiger partial charge in [-0.2, -0.15) is 0 Å². The Morgan fingerprint density at radius 2 is 2.24 bits per heavy atom. The lowest BCUT2D eigenvalue weighted by atomic mass is 9.84. The van der Waals surface area contributed by atoms with Crippen LogP contribution in [-0.4, -0.2) is 17.4 Å². The number of nitrogens with zero attached hydrogens (tertiary/aromatic N) is 1. The van der Waals surface area contributed by atoms with Gasteiger partial charge in [0, 0.05) is 23.9 Å². The van der Waals surface area contributed by atoms with Crippen molar-refractivity contribution in [3.05, 3.63) is 51.7 Å². The molecular formula is C15H18FN3OS. The molecule has 1 aromatic heterocycles. The molecule has 3 N–H and O–H groups in total. The van der Waals surface area contributed by atoms with E-state index in [9.17, 15) is 9.18 Å². The molecule has 6 heteroatoms. The van der Waals surface area contributed by atoms with Gasteiger partial charge in [-0.25, -0.2) is 9.37 Å². The zero-order chi connectivity index (χ0) is 15.5. The molecule has 4 nitrogen and oxygen atoms in total. The van der Waals surface area contributed by atoms with Crippen molar-refractivity contribution in [2.75, 3.05) is 6.54 Å². The number of thiazole rings is 1. The fourth-order valence-electron chi connectivity index (χ4n) is 1.91. The van der Waals surface area contributed by atoms with Crippen LogP contribution in [0.4, 0.5) is 4.39 Å². The third-order valence-corrected chi connectivity index (χ3v) is 4.13. The molecule has 2 rings (SSSR count). The summed E-state index contributed by atoms with van der Waals surface area (Å²) in [5, 5.41) is 5.25. The van der Waals surface area contributed by atoms with Gasteiger partial charge in [0.15, 0.2) is 0 Å². The minimum Gasteiger partial charge on any atom is -0.350 e. The monoisotopic (exact) mass is 307 g/mol. The number of hydrogen-bond donors (Lipinski definition) is 2. The van der Waals surface area contributed by atoms with Gasteiger partial charge >= 0.3 is 0 Å². The van der Waals surface area contributed by atoms with Crippen molar-refractivity contribution in [1.29, 1.82) is 0 Å². The summed E-state index contributed by atoms with van der Waals surface area (Å²) in [5.74, 6) is -0.519. The maximum atomic E-state index is 13.3. The highest BCUT2D eigenvalue weighted by Crippen LogP contribution is 2.23. The predicted octanol–water partition coefficient (Wildman–Crippen LogP) is 2.45. The Morgan fingerprint density at radius 1 is 1.48 bits per heavy atom. The maximum absolute atomic E-state index is 13.3. The standard InChI is InChI=1S/C15H18FN3OS/c1-15(2,10-4-3-5-11(16)6-10)9-18-14(20)12-8-21-13(7-17)19-12/h3-6,8H,7,9,17H2,1-2H3,(H,18,20). The topological polar surface area (TPSA) is 68.0 Å². The van der Waals surface area contributed by atoms with Gasteiger partial charge in [0.2, 0.25) is 0 Å². The molecule has 0 unspecified atom stereocenters. The van der Waals surface area contributed by atoms with E-state index in [1.165, 1.54) is 23.5 Å². The van der Waals surface area contributed by atoms with Crippen molar-refractivity contribution in [2.45, 2.75) is 25.8 Å². The quantitative estimate of drug-likeness (QED) is 0.891. The summed E-state index contributed by atoms with van der Waals surface area (Å²) in [6, 6.07) is 6.41.